The zero-order chi connectivity index (χ0) is 34.1. The van der Waals surface area contributed by atoms with Crippen molar-refractivity contribution < 1.29 is 19.1 Å². The summed E-state index contributed by atoms with van der Waals surface area (Å²) >= 11 is 0. The molecular weight excluding hydrogens is 616 g/mol. The highest BCUT2D eigenvalue weighted by atomic mass is 16.5. The molecule has 0 radical (unpaired) electrons. The molecule has 3 aromatic rings. The Morgan fingerprint density at radius 1 is 1.02 bits per heavy atom. The minimum Gasteiger partial charge on any atom is -0.460 e. The lowest BCUT2D eigenvalue weighted by atomic mass is 9.61. The van der Waals surface area contributed by atoms with Crippen molar-refractivity contribution in [2.45, 2.75) is 96.4 Å². The predicted octanol–water partition coefficient (Wildman–Crippen LogP) is 5.10. The van der Waals surface area contributed by atoms with Crippen LogP contribution >= 0.6 is 0 Å². The van der Waals surface area contributed by atoms with Crippen LogP contribution < -0.4 is 15.0 Å². The highest BCUT2D eigenvalue weighted by molar-refractivity contribution is 6.00. The number of nitrogens with zero attached hydrogens (tertiary/aromatic N) is 5. The Kier molecular flexibility index (Phi) is 9.42. The average molecular weight is 665 g/mol. The van der Waals surface area contributed by atoms with Crippen molar-refractivity contribution in [3.8, 4) is 6.01 Å². The van der Waals surface area contributed by atoms with E-state index in [2.05, 4.69) is 81.4 Å². The fourth-order valence-corrected chi connectivity index (χ4v) is 8.05. The summed E-state index contributed by atoms with van der Waals surface area (Å²) < 4.78 is 6.05. The lowest BCUT2D eigenvalue weighted by molar-refractivity contribution is -0.141. The van der Waals surface area contributed by atoms with E-state index in [0.717, 1.165) is 81.5 Å². The molecule has 4 fully saturated rings. The van der Waals surface area contributed by atoms with E-state index in [9.17, 15) is 14.4 Å². The number of anilines is 1. The van der Waals surface area contributed by atoms with E-state index in [1.165, 1.54) is 21.7 Å². The number of likely N-dealkylation sites (tertiary alicyclic amines) is 1. The second-order valence-corrected chi connectivity index (χ2v) is 15.1. The van der Waals surface area contributed by atoms with E-state index in [0.29, 0.717) is 36.2 Å². The van der Waals surface area contributed by atoms with Gasteiger partial charge in [0.25, 0.3) is 0 Å². The summed E-state index contributed by atoms with van der Waals surface area (Å²) in [6.07, 6.45) is 9.62. The summed E-state index contributed by atoms with van der Waals surface area (Å²) in [5.41, 5.74) is 7.59. The van der Waals surface area contributed by atoms with Gasteiger partial charge in [0.15, 0.2) is 0 Å². The second-order valence-electron chi connectivity index (χ2n) is 15.1. The summed E-state index contributed by atoms with van der Waals surface area (Å²) in [6, 6.07) is 15.6. The van der Waals surface area contributed by atoms with Crippen molar-refractivity contribution in [1.82, 2.24) is 25.1 Å². The van der Waals surface area contributed by atoms with Crippen LogP contribution in [0.25, 0.3) is 0 Å². The van der Waals surface area contributed by atoms with Crippen LogP contribution in [0.5, 0.6) is 6.01 Å². The summed E-state index contributed by atoms with van der Waals surface area (Å²) in [7, 11) is 0. The van der Waals surface area contributed by atoms with Crippen molar-refractivity contribution >= 4 is 23.9 Å². The first-order chi connectivity index (χ1) is 23.7. The number of aryl methyl sites for hydroxylation is 1. The van der Waals surface area contributed by atoms with Crippen LogP contribution in [0.2, 0.25) is 0 Å². The molecule has 258 valence electrons. The molecule has 4 aliphatic rings. The Bertz CT molecular complexity index is 1650. The lowest BCUT2D eigenvalue weighted by Gasteiger charge is -2.59. The van der Waals surface area contributed by atoms with Crippen molar-refractivity contribution in [3.63, 3.8) is 0 Å². The van der Waals surface area contributed by atoms with Gasteiger partial charge in [-0.2, -0.15) is 0 Å². The van der Waals surface area contributed by atoms with Gasteiger partial charge in [0.1, 0.15) is 12.1 Å². The van der Waals surface area contributed by atoms with E-state index < -0.39 is 6.04 Å². The summed E-state index contributed by atoms with van der Waals surface area (Å²) in [6.45, 7) is 11.9. The van der Waals surface area contributed by atoms with Gasteiger partial charge in [-0.25, -0.2) is 9.97 Å². The smallest absolute Gasteiger partial charge is 0.316 e. The number of imide groups is 1. The fourth-order valence-electron chi connectivity index (χ4n) is 8.05. The van der Waals surface area contributed by atoms with Crippen molar-refractivity contribution in [2.75, 3.05) is 31.1 Å². The van der Waals surface area contributed by atoms with Crippen molar-refractivity contribution in [2.24, 2.45) is 5.41 Å². The Morgan fingerprint density at radius 2 is 1.73 bits per heavy atom. The molecule has 1 spiro atoms. The number of hydrogen-bond acceptors (Lipinski definition) is 8. The Morgan fingerprint density at radius 3 is 2.39 bits per heavy atom. The molecule has 3 amide bonds. The van der Waals surface area contributed by atoms with Gasteiger partial charge in [0.05, 0.1) is 0 Å². The zero-order valence-corrected chi connectivity index (χ0v) is 28.9. The summed E-state index contributed by atoms with van der Waals surface area (Å²) in [4.78, 5) is 51.3. The average Bonchev–Trinajstić information content (AvgIpc) is 3.06. The van der Waals surface area contributed by atoms with Gasteiger partial charge in [-0.3, -0.25) is 24.6 Å². The molecule has 1 N–H and O–H groups in total. The van der Waals surface area contributed by atoms with Gasteiger partial charge in [0.2, 0.25) is 18.2 Å². The van der Waals surface area contributed by atoms with E-state index in [-0.39, 0.29) is 24.3 Å². The maximum atomic E-state index is 12.4. The molecule has 2 aromatic carbocycles. The highest BCUT2D eigenvalue weighted by Crippen LogP contribution is 2.50. The summed E-state index contributed by atoms with van der Waals surface area (Å²) in [5.74, 6) is 0.219. The first-order valence-corrected chi connectivity index (χ1v) is 17.9. The lowest BCUT2D eigenvalue weighted by Crippen LogP contribution is -2.64. The summed E-state index contributed by atoms with van der Waals surface area (Å²) in [5, 5.41) is 2.37. The Labute approximate surface area is 289 Å². The molecule has 4 heterocycles. The minimum atomic E-state index is -0.608. The van der Waals surface area contributed by atoms with E-state index in [4.69, 9.17) is 4.74 Å². The minimum absolute atomic E-state index is 0.212. The Hall–Kier alpha value is -4.31. The van der Waals surface area contributed by atoms with E-state index in [1.807, 2.05) is 19.3 Å². The van der Waals surface area contributed by atoms with Crippen LogP contribution in [-0.4, -0.2) is 76.3 Å². The maximum Gasteiger partial charge on any atom is 0.316 e. The number of piperidine rings is 2. The van der Waals surface area contributed by atoms with Gasteiger partial charge < -0.3 is 14.5 Å². The molecule has 49 heavy (non-hydrogen) atoms. The number of hydrogen-bond donors (Lipinski definition) is 1. The molecule has 10 nitrogen and oxygen atoms in total. The molecule has 1 unspecified atom stereocenters. The second kappa shape index (κ2) is 13.9. The number of benzene rings is 2. The molecule has 1 atom stereocenters. The predicted molar refractivity (Wildman–Crippen MR) is 187 cm³/mol. The number of rotatable bonds is 11. The third-order valence-corrected chi connectivity index (χ3v) is 11.2. The number of carbonyl (C=O) groups is 3. The number of nitrogens with one attached hydrogen (secondary N) is 1. The number of aromatic nitrogens is 2. The SMILES string of the molecule is Cc1ccc(C2CCN(Cc3ccc(N4CC5(CC(Oc6ncc(C(C)C)cn6)C5)C4)cc3)CC2)cc1CN(C=O)C1CCC(=O)NC1=O. The largest absolute Gasteiger partial charge is 0.460 e. The topological polar surface area (TPSA) is 108 Å². The quantitative estimate of drug-likeness (QED) is 0.223. The van der Waals surface area contributed by atoms with Crippen LogP contribution in [0.4, 0.5) is 5.69 Å². The zero-order valence-electron chi connectivity index (χ0n) is 28.9. The normalized spacial score (nSPS) is 21.3. The molecule has 1 saturated carbocycles. The first kappa shape index (κ1) is 33.2. The first-order valence-electron chi connectivity index (χ1n) is 17.9. The molecule has 1 aliphatic carbocycles. The standard InChI is InChI=1S/C39H48N6O4/c1-26(2)32-19-40-38(41-20-32)49-34-17-39(18-34)23-45(24-39)33-8-5-28(6-9-33)21-43-14-12-29(13-15-43)30-7-4-27(3)31(16-30)22-44(25-46)35-10-11-36(47)42-37(35)48/h4-9,16,19-20,25-26,29,34-35H,10-15,17-18,21-24H2,1-3H3,(H,42,47,48). The van der Waals surface area contributed by atoms with Crippen LogP contribution in [0.15, 0.2) is 54.9 Å². The van der Waals surface area contributed by atoms with Crippen molar-refractivity contribution in [1.29, 1.82) is 0 Å². The molecule has 1 aromatic heterocycles. The van der Waals surface area contributed by atoms with E-state index >= 15 is 0 Å². The fraction of sp³-hybridized carbons (Fsp3) is 0.513. The molecular formula is C39H48N6O4. The van der Waals surface area contributed by atoms with Crippen LogP contribution in [0, 0.1) is 12.3 Å². The number of ether oxygens (including phenoxy) is 1. The van der Waals surface area contributed by atoms with Crippen LogP contribution in [0.3, 0.4) is 0 Å². The van der Waals surface area contributed by atoms with Crippen molar-refractivity contribution in [3.05, 3.63) is 82.7 Å². The third-order valence-electron chi connectivity index (χ3n) is 11.2. The van der Waals surface area contributed by atoms with E-state index in [1.54, 1.807) is 0 Å². The molecule has 3 saturated heterocycles. The van der Waals surface area contributed by atoms with Gasteiger partial charge >= 0.3 is 6.01 Å². The number of amides is 3. The molecule has 3 aliphatic heterocycles. The van der Waals surface area contributed by atoms with Gasteiger partial charge in [0, 0.05) is 56.1 Å². The molecule has 7 rings (SSSR count). The van der Waals surface area contributed by atoms with Crippen LogP contribution in [0.1, 0.15) is 92.0 Å². The number of carbonyl (C=O) groups excluding carboxylic acids is 3. The third kappa shape index (κ3) is 7.34. The molecule has 0 bridgehead atoms. The molecule has 10 heteroatoms. The van der Waals surface area contributed by atoms with Crippen LogP contribution in [-0.2, 0) is 27.5 Å². The van der Waals surface area contributed by atoms with Gasteiger partial charge in [-0.15, -0.1) is 0 Å². The van der Waals surface area contributed by atoms with Gasteiger partial charge in [-0.05, 0) is 104 Å². The monoisotopic (exact) mass is 664 g/mol. The Balaban J connectivity index is 0.855. The maximum absolute atomic E-state index is 12.4. The highest BCUT2D eigenvalue weighted by Gasteiger charge is 2.53. The van der Waals surface area contributed by atoms with Gasteiger partial charge in [-0.1, -0.05) is 44.2 Å².